The summed E-state index contributed by atoms with van der Waals surface area (Å²) in [6, 6.07) is 3.85. The van der Waals surface area contributed by atoms with Crippen molar-refractivity contribution in [3.05, 3.63) is 45.7 Å². The summed E-state index contributed by atoms with van der Waals surface area (Å²) >= 11 is 0. The fraction of sp³-hybridized carbons (Fsp3) is 0.409. The smallest absolute Gasteiger partial charge is 0.287 e. The number of Topliss-reactive ketones (excluding diaryl/α,β-unsaturated/α-hetero) is 2. The number of aliphatic hydroxyl groups is 1. The topological polar surface area (TPSA) is 96.6 Å². The molecule has 4 rings (SSSR count). The minimum atomic E-state index is -0.623. The number of amides is 1. The molecular formula is C22H23NO5. The summed E-state index contributed by atoms with van der Waals surface area (Å²) in [5.41, 5.74) is 3.51. The number of benzene rings is 1. The average Bonchev–Trinajstić information content (AvgIpc) is 3.01. The molecule has 28 heavy (non-hydrogen) atoms. The van der Waals surface area contributed by atoms with Gasteiger partial charge in [0.1, 0.15) is 5.76 Å². The first-order valence-electron chi connectivity index (χ1n) is 9.56. The standard InChI is InChI=1S/C22H23NO5/c1-11-15-17(25)18(26)16-12-5-4-8-22(2,3)14(12)7-6-13(16)20(15)28-19(11)21(27)23-9-10-24/h6-7,24H,4-5,8-10H2,1-3H3,(H,23,27). The molecule has 1 amide bonds. The molecule has 2 N–H and O–H groups in total. The van der Waals surface area contributed by atoms with Crippen LogP contribution in [-0.2, 0) is 11.8 Å². The normalized spacial score (nSPS) is 17.0. The number of hydrogen-bond donors (Lipinski definition) is 2. The van der Waals surface area contributed by atoms with E-state index < -0.39 is 17.5 Å². The Balaban J connectivity index is 1.92. The Kier molecular flexibility index (Phi) is 4.27. The van der Waals surface area contributed by atoms with Crippen LogP contribution in [0.1, 0.15) is 74.7 Å². The molecule has 6 heteroatoms. The average molecular weight is 381 g/mol. The lowest BCUT2D eigenvalue weighted by Crippen LogP contribution is -2.29. The number of ketones is 2. The summed E-state index contributed by atoms with van der Waals surface area (Å²) in [7, 11) is 0. The number of aliphatic hydroxyl groups excluding tert-OH is 1. The highest BCUT2D eigenvalue weighted by Crippen LogP contribution is 2.45. The van der Waals surface area contributed by atoms with E-state index in [0.717, 1.165) is 30.4 Å². The third kappa shape index (κ3) is 2.55. The highest BCUT2D eigenvalue weighted by Gasteiger charge is 2.41. The Morgan fingerprint density at radius 3 is 2.64 bits per heavy atom. The van der Waals surface area contributed by atoms with Gasteiger partial charge in [-0.25, -0.2) is 0 Å². The van der Waals surface area contributed by atoms with Crippen molar-refractivity contribution in [1.82, 2.24) is 5.32 Å². The highest BCUT2D eigenvalue weighted by atomic mass is 16.4. The van der Waals surface area contributed by atoms with Gasteiger partial charge in [-0.3, -0.25) is 14.4 Å². The van der Waals surface area contributed by atoms with Gasteiger partial charge in [-0.1, -0.05) is 26.0 Å². The Hall–Kier alpha value is -2.73. The van der Waals surface area contributed by atoms with Crippen LogP contribution in [0.15, 0.2) is 16.5 Å². The number of furan rings is 1. The van der Waals surface area contributed by atoms with Crippen LogP contribution >= 0.6 is 0 Å². The first-order valence-corrected chi connectivity index (χ1v) is 9.56. The maximum atomic E-state index is 13.0. The van der Waals surface area contributed by atoms with Gasteiger partial charge in [-0.05, 0) is 42.7 Å². The maximum absolute atomic E-state index is 13.0. The summed E-state index contributed by atoms with van der Waals surface area (Å²) in [5.74, 6) is -1.37. The lowest BCUT2D eigenvalue weighted by Gasteiger charge is -2.34. The van der Waals surface area contributed by atoms with Gasteiger partial charge >= 0.3 is 0 Å². The van der Waals surface area contributed by atoms with Gasteiger partial charge < -0.3 is 14.8 Å². The molecule has 1 aromatic carbocycles. The molecule has 1 heterocycles. The van der Waals surface area contributed by atoms with Crippen LogP contribution in [0.5, 0.6) is 0 Å². The minimum Gasteiger partial charge on any atom is -0.450 e. The zero-order valence-corrected chi connectivity index (χ0v) is 16.3. The molecule has 2 aliphatic rings. The lowest BCUT2D eigenvalue weighted by molar-refractivity contribution is 0.0813. The van der Waals surface area contributed by atoms with E-state index in [0.29, 0.717) is 16.7 Å². The van der Waals surface area contributed by atoms with E-state index in [4.69, 9.17) is 9.52 Å². The molecule has 2 aromatic rings. The van der Waals surface area contributed by atoms with Gasteiger partial charge in [0.25, 0.3) is 5.91 Å². The predicted octanol–water partition coefficient (Wildman–Crippen LogP) is 2.97. The molecule has 0 unspecified atom stereocenters. The van der Waals surface area contributed by atoms with Crippen molar-refractivity contribution in [3.63, 3.8) is 0 Å². The third-order valence-corrected chi connectivity index (χ3v) is 5.93. The SMILES string of the molecule is Cc1c(C(=O)NCCO)oc2c1C(=O)C(=O)c1c-2ccc2c1CCCC2(C)C. The van der Waals surface area contributed by atoms with E-state index in [-0.39, 0.29) is 35.7 Å². The van der Waals surface area contributed by atoms with E-state index in [1.807, 2.05) is 12.1 Å². The van der Waals surface area contributed by atoms with Crippen molar-refractivity contribution in [2.75, 3.05) is 13.2 Å². The van der Waals surface area contributed by atoms with Crippen molar-refractivity contribution < 1.29 is 23.9 Å². The largest absolute Gasteiger partial charge is 0.450 e. The summed E-state index contributed by atoms with van der Waals surface area (Å²) in [6.07, 6.45) is 2.73. The zero-order valence-electron chi connectivity index (χ0n) is 16.3. The molecule has 0 aliphatic heterocycles. The van der Waals surface area contributed by atoms with Crippen molar-refractivity contribution in [3.8, 4) is 11.3 Å². The van der Waals surface area contributed by atoms with Crippen LogP contribution in [0.4, 0.5) is 0 Å². The van der Waals surface area contributed by atoms with Crippen molar-refractivity contribution in [1.29, 1.82) is 0 Å². The number of carbonyl (C=O) groups is 3. The van der Waals surface area contributed by atoms with Gasteiger partial charge in [-0.15, -0.1) is 0 Å². The fourth-order valence-corrected chi connectivity index (χ4v) is 4.50. The van der Waals surface area contributed by atoms with Crippen LogP contribution < -0.4 is 5.32 Å². The molecule has 0 atom stereocenters. The second-order valence-electron chi connectivity index (χ2n) is 8.15. The van der Waals surface area contributed by atoms with Gasteiger partial charge in [0.05, 0.1) is 12.2 Å². The Morgan fingerprint density at radius 2 is 1.93 bits per heavy atom. The number of carbonyl (C=O) groups excluding carboxylic acids is 3. The second kappa shape index (κ2) is 6.41. The maximum Gasteiger partial charge on any atom is 0.287 e. The summed E-state index contributed by atoms with van der Waals surface area (Å²) < 4.78 is 5.82. The molecule has 1 aromatic heterocycles. The number of fused-ring (bicyclic) bond motifs is 5. The number of nitrogens with one attached hydrogen (secondary N) is 1. The lowest BCUT2D eigenvalue weighted by atomic mass is 9.69. The molecule has 0 saturated carbocycles. The quantitative estimate of drug-likeness (QED) is 0.797. The first kappa shape index (κ1) is 18.6. The van der Waals surface area contributed by atoms with Gasteiger partial charge in [0.15, 0.2) is 5.76 Å². The Bertz CT molecular complexity index is 1030. The molecular weight excluding hydrogens is 358 g/mol. The predicted molar refractivity (Wildman–Crippen MR) is 103 cm³/mol. The van der Waals surface area contributed by atoms with Crippen LogP contribution in [0, 0.1) is 6.92 Å². The first-order chi connectivity index (χ1) is 13.3. The van der Waals surface area contributed by atoms with Crippen LogP contribution in [0.25, 0.3) is 11.3 Å². The van der Waals surface area contributed by atoms with E-state index >= 15 is 0 Å². The Morgan fingerprint density at radius 1 is 1.21 bits per heavy atom. The number of hydrogen-bond acceptors (Lipinski definition) is 5. The fourth-order valence-electron chi connectivity index (χ4n) is 4.50. The molecule has 0 bridgehead atoms. The van der Waals surface area contributed by atoms with Gasteiger partial charge in [0, 0.05) is 23.2 Å². The molecule has 0 fully saturated rings. The van der Waals surface area contributed by atoms with Crippen molar-refractivity contribution >= 4 is 17.5 Å². The summed E-state index contributed by atoms with van der Waals surface area (Å²) in [5, 5.41) is 11.4. The summed E-state index contributed by atoms with van der Waals surface area (Å²) in [4.78, 5) is 38.3. The van der Waals surface area contributed by atoms with Crippen LogP contribution in [0.2, 0.25) is 0 Å². The summed E-state index contributed by atoms with van der Waals surface area (Å²) in [6.45, 7) is 5.79. The molecule has 0 spiro atoms. The minimum absolute atomic E-state index is 0.00509. The highest BCUT2D eigenvalue weighted by molar-refractivity contribution is 6.53. The van der Waals surface area contributed by atoms with E-state index in [1.54, 1.807) is 6.92 Å². The van der Waals surface area contributed by atoms with E-state index in [1.165, 1.54) is 0 Å². The van der Waals surface area contributed by atoms with E-state index in [9.17, 15) is 14.4 Å². The van der Waals surface area contributed by atoms with E-state index in [2.05, 4.69) is 19.2 Å². The second-order valence-corrected chi connectivity index (χ2v) is 8.15. The van der Waals surface area contributed by atoms with Crippen molar-refractivity contribution in [2.24, 2.45) is 0 Å². The van der Waals surface area contributed by atoms with Crippen LogP contribution in [0.3, 0.4) is 0 Å². The zero-order chi connectivity index (χ0) is 20.2. The Labute approximate surface area is 162 Å². The van der Waals surface area contributed by atoms with Crippen LogP contribution in [-0.4, -0.2) is 35.7 Å². The molecule has 146 valence electrons. The van der Waals surface area contributed by atoms with Gasteiger partial charge in [-0.2, -0.15) is 0 Å². The molecule has 2 aliphatic carbocycles. The molecule has 0 radical (unpaired) electrons. The number of rotatable bonds is 3. The van der Waals surface area contributed by atoms with Gasteiger partial charge in [0.2, 0.25) is 11.6 Å². The van der Waals surface area contributed by atoms with Crippen molar-refractivity contribution in [2.45, 2.75) is 45.4 Å². The monoisotopic (exact) mass is 381 g/mol. The molecule has 0 saturated heterocycles. The third-order valence-electron chi connectivity index (χ3n) is 5.93. The molecule has 6 nitrogen and oxygen atoms in total.